The highest BCUT2D eigenvalue weighted by Crippen LogP contribution is 2.48. The summed E-state index contributed by atoms with van der Waals surface area (Å²) in [5.41, 5.74) is -0.281. The van der Waals surface area contributed by atoms with E-state index in [9.17, 15) is 30.3 Å². The maximum absolute atomic E-state index is 12.9. The molecule has 180 valence electrons. The molecule has 0 spiro atoms. The first-order valence-corrected chi connectivity index (χ1v) is 10.5. The molecule has 10 heteroatoms. The molecule has 5 N–H and O–H groups in total. The van der Waals surface area contributed by atoms with Crippen molar-refractivity contribution in [3.8, 4) is 51.6 Å². The molecule has 1 aliphatic rings. The fraction of sp³-hybridized carbons (Fsp3) is 0.160. The van der Waals surface area contributed by atoms with E-state index in [0.717, 1.165) is 6.07 Å². The normalized spacial score (nSPS) is 16.9. The Hall–Kier alpha value is -4.57. The quantitative estimate of drug-likeness (QED) is 0.294. The Bertz CT molecular complexity index is 1490. The van der Waals surface area contributed by atoms with Crippen molar-refractivity contribution in [2.75, 3.05) is 13.7 Å². The van der Waals surface area contributed by atoms with Gasteiger partial charge in [-0.2, -0.15) is 0 Å². The Balaban J connectivity index is 1.69. The zero-order valence-electron chi connectivity index (χ0n) is 18.3. The molecule has 3 aromatic carbocycles. The van der Waals surface area contributed by atoms with Crippen molar-refractivity contribution >= 4 is 11.0 Å². The number of rotatable bonds is 4. The lowest BCUT2D eigenvalue weighted by atomic mass is 10.0. The summed E-state index contributed by atoms with van der Waals surface area (Å²) in [5.74, 6) is -1.37. The molecule has 2 heterocycles. The van der Waals surface area contributed by atoms with Gasteiger partial charge >= 0.3 is 0 Å². The Morgan fingerprint density at radius 2 is 1.69 bits per heavy atom. The standard InChI is InChI=1S/C25H20O10/c1-32-16-8-12(4-7-14(16)28)22-18(10-26)34-24-17(33-22)9-15(29)19-20(30)21(31)23(35-25(19)24)11-2-5-13(27)6-3-11/h2-9,18,22,26-29,31H,10H2,1H3/t18-,22-/m0/s1. The van der Waals surface area contributed by atoms with Crippen LogP contribution < -0.4 is 19.6 Å². The van der Waals surface area contributed by atoms with Crippen molar-refractivity contribution in [1.82, 2.24) is 0 Å². The van der Waals surface area contributed by atoms with Crippen LogP contribution in [-0.4, -0.2) is 45.4 Å². The molecular weight excluding hydrogens is 460 g/mol. The SMILES string of the molecule is COc1cc([C@@H]2Oc3cc(O)c4c(=O)c(O)c(-c5ccc(O)cc5)oc4c3O[C@H]2CO)ccc1O. The summed E-state index contributed by atoms with van der Waals surface area (Å²) >= 11 is 0. The van der Waals surface area contributed by atoms with Crippen molar-refractivity contribution in [2.24, 2.45) is 0 Å². The smallest absolute Gasteiger partial charge is 0.238 e. The maximum Gasteiger partial charge on any atom is 0.238 e. The second kappa shape index (κ2) is 8.33. The van der Waals surface area contributed by atoms with Gasteiger partial charge in [0, 0.05) is 17.2 Å². The van der Waals surface area contributed by atoms with Crippen molar-refractivity contribution in [2.45, 2.75) is 12.2 Å². The lowest BCUT2D eigenvalue weighted by Crippen LogP contribution is -2.36. The summed E-state index contributed by atoms with van der Waals surface area (Å²) in [4.78, 5) is 12.9. The van der Waals surface area contributed by atoms with Gasteiger partial charge in [-0.25, -0.2) is 0 Å². The topological polar surface area (TPSA) is 159 Å². The number of phenols is 3. The van der Waals surface area contributed by atoms with Crippen LogP contribution >= 0.6 is 0 Å². The zero-order chi connectivity index (χ0) is 24.9. The minimum atomic E-state index is -0.958. The van der Waals surface area contributed by atoms with E-state index in [-0.39, 0.29) is 45.5 Å². The third-order valence-electron chi connectivity index (χ3n) is 5.74. The van der Waals surface area contributed by atoms with Crippen LogP contribution in [0.5, 0.6) is 40.2 Å². The minimum Gasteiger partial charge on any atom is -0.508 e. The Morgan fingerprint density at radius 3 is 2.37 bits per heavy atom. The molecule has 0 unspecified atom stereocenters. The van der Waals surface area contributed by atoms with Gasteiger partial charge in [-0.05, 0) is 36.4 Å². The number of hydrogen-bond donors (Lipinski definition) is 5. The van der Waals surface area contributed by atoms with Gasteiger partial charge in [-0.3, -0.25) is 4.79 Å². The Morgan fingerprint density at radius 1 is 0.943 bits per heavy atom. The number of aromatic hydroxyl groups is 4. The highest BCUT2D eigenvalue weighted by Gasteiger charge is 2.36. The Labute approximate surface area is 197 Å². The maximum atomic E-state index is 12.9. The zero-order valence-corrected chi connectivity index (χ0v) is 18.3. The third-order valence-corrected chi connectivity index (χ3v) is 5.74. The van der Waals surface area contributed by atoms with Crippen LogP contribution in [0.1, 0.15) is 11.7 Å². The van der Waals surface area contributed by atoms with Crippen molar-refractivity contribution < 1.29 is 44.2 Å². The second-order valence-electron chi connectivity index (χ2n) is 7.89. The van der Waals surface area contributed by atoms with Crippen LogP contribution in [0, 0.1) is 0 Å². The van der Waals surface area contributed by atoms with Gasteiger partial charge in [-0.1, -0.05) is 6.07 Å². The minimum absolute atomic E-state index is 0.0224. The Kier molecular flexibility index (Phi) is 5.29. The van der Waals surface area contributed by atoms with Crippen LogP contribution in [0.4, 0.5) is 0 Å². The molecule has 5 rings (SSSR count). The first-order valence-electron chi connectivity index (χ1n) is 10.5. The number of ether oxygens (including phenoxy) is 3. The van der Waals surface area contributed by atoms with E-state index in [1.54, 1.807) is 6.07 Å². The van der Waals surface area contributed by atoms with E-state index in [1.807, 2.05) is 0 Å². The van der Waals surface area contributed by atoms with Crippen LogP contribution in [-0.2, 0) is 0 Å². The predicted octanol–water partition coefficient (Wildman–Crippen LogP) is 3.16. The van der Waals surface area contributed by atoms with Crippen molar-refractivity contribution in [3.05, 3.63) is 64.3 Å². The molecule has 0 saturated heterocycles. The van der Waals surface area contributed by atoms with Crippen LogP contribution in [0.2, 0.25) is 0 Å². The predicted molar refractivity (Wildman–Crippen MR) is 122 cm³/mol. The van der Waals surface area contributed by atoms with Crippen molar-refractivity contribution in [3.63, 3.8) is 0 Å². The van der Waals surface area contributed by atoms with Gasteiger partial charge < -0.3 is 44.2 Å². The van der Waals surface area contributed by atoms with E-state index in [2.05, 4.69) is 0 Å². The fourth-order valence-corrected chi connectivity index (χ4v) is 4.01. The molecule has 0 aliphatic carbocycles. The van der Waals surface area contributed by atoms with Gasteiger partial charge in [0.2, 0.25) is 16.9 Å². The molecule has 10 nitrogen and oxygen atoms in total. The molecule has 35 heavy (non-hydrogen) atoms. The highest BCUT2D eigenvalue weighted by molar-refractivity contribution is 5.93. The van der Waals surface area contributed by atoms with E-state index in [4.69, 9.17) is 18.6 Å². The number of methoxy groups -OCH3 is 1. The molecule has 4 aromatic rings. The number of aliphatic hydroxyl groups is 1. The van der Waals surface area contributed by atoms with Crippen LogP contribution in [0.15, 0.2) is 57.7 Å². The first kappa shape index (κ1) is 22.2. The van der Waals surface area contributed by atoms with E-state index >= 15 is 0 Å². The average Bonchev–Trinajstić information content (AvgIpc) is 2.86. The first-order chi connectivity index (χ1) is 16.8. The van der Waals surface area contributed by atoms with Gasteiger partial charge in [0.25, 0.3) is 0 Å². The highest BCUT2D eigenvalue weighted by atomic mass is 16.6. The van der Waals surface area contributed by atoms with Gasteiger partial charge in [0.1, 0.15) is 16.9 Å². The fourth-order valence-electron chi connectivity index (χ4n) is 4.01. The third kappa shape index (κ3) is 3.60. The molecule has 0 radical (unpaired) electrons. The molecule has 0 saturated carbocycles. The summed E-state index contributed by atoms with van der Waals surface area (Å²) in [5, 5.41) is 50.2. The van der Waals surface area contributed by atoms with E-state index in [0.29, 0.717) is 11.1 Å². The average molecular weight is 480 g/mol. The number of phenolic OH excluding ortho intramolecular Hbond substituents is 3. The molecule has 2 atom stereocenters. The molecule has 1 aliphatic heterocycles. The monoisotopic (exact) mass is 480 g/mol. The van der Waals surface area contributed by atoms with Gasteiger partial charge in [-0.15, -0.1) is 0 Å². The largest absolute Gasteiger partial charge is 0.508 e. The summed E-state index contributed by atoms with van der Waals surface area (Å²) in [6, 6.07) is 11.3. The van der Waals surface area contributed by atoms with Gasteiger partial charge in [0.05, 0.1) is 13.7 Å². The summed E-state index contributed by atoms with van der Waals surface area (Å²) in [7, 11) is 1.39. The van der Waals surface area contributed by atoms with Crippen molar-refractivity contribution in [1.29, 1.82) is 0 Å². The van der Waals surface area contributed by atoms with Gasteiger partial charge in [0.15, 0.2) is 40.8 Å². The number of hydrogen-bond acceptors (Lipinski definition) is 10. The molecule has 0 bridgehead atoms. The molecule has 0 amide bonds. The molecular formula is C25H20O10. The summed E-state index contributed by atoms with van der Waals surface area (Å²) < 4.78 is 23.0. The number of benzene rings is 3. The lowest BCUT2D eigenvalue weighted by molar-refractivity contribution is -0.0119. The van der Waals surface area contributed by atoms with E-state index < -0.39 is 35.7 Å². The summed E-state index contributed by atoms with van der Waals surface area (Å²) in [6.45, 7) is -0.483. The summed E-state index contributed by atoms with van der Waals surface area (Å²) in [6.07, 6.45) is -1.82. The molecule has 0 fully saturated rings. The number of aliphatic hydroxyl groups excluding tert-OH is 1. The lowest BCUT2D eigenvalue weighted by Gasteiger charge is -2.33. The number of fused-ring (bicyclic) bond motifs is 3. The van der Waals surface area contributed by atoms with Crippen LogP contribution in [0.25, 0.3) is 22.3 Å². The molecule has 1 aromatic heterocycles. The van der Waals surface area contributed by atoms with Crippen LogP contribution in [0.3, 0.4) is 0 Å². The second-order valence-corrected chi connectivity index (χ2v) is 7.89. The van der Waals surface area contributed by atoms with E-state index in [1.165, 1.54) is 43.5 Å².